The van der Waals surface area contributed by atoms with Crippen molar-refractivity contribution >= 4 is 17.4 Å². The summed E-state index contributed by atoms with van der Waals surface area (Å²) >= 11 is 6.84. The van der Waals surface area contributed by atoms with Gasteiger partial charge in [-0.05, 0) is 62.0 Å². The van der Waals surface area contributed by atoms with Crippen LogP contribution in [0.3, 0.4) is 0 Å². The van der Waals surface area contributed by atoms with Gasteiger partial charge >= 0.3 is 0 Å². The maximum Gasteiger partial charge on any atom is 0.226 e. The van der Waals surface area contributed by atoms with Crippen LogP contribution in [-0.2, 0) is 11.8 Å². The van der Waals surface area contributed by atoms with Gasteiger partial charge in [-0.15, -0.1) is 0 Å². The quantitative estimate of drug-likeness (QED) is 0.537. The van der Waals surface area contributed by atoms with Crippen LogP contribution in [0.1, 0.15) is 61.6 Å². The Kier molecular flexibility index (Phi) is 6.18. The fraction of sp³-hybridized carbons (Fsp3) is 0.455. The molecule has 1 saturated heterocycles. The van der Waals surface area contributed by atoms with Crippen molar-refractivity contribution in [1.29, 1.82) is 0 Å². The molecule has 5 heteroatoms. The molecule has 0 spiro atoms. The monoisotopic (exact) mass is 386 g/mol. The Morgan fingerprint density at radius 1 is 1.33 bits per heavy atom. The highest BCUT2D eigenvalue weighted by atomic mass is 35.5. The first-order valence-electron chi connectivity index (χ1n) is 9.69. The van der Waals surface area contributed by atoms with E-state index in [-0.39, 0.29) is 11.2 Å². The molecule has 1 aliphatic heterocycles. The van der Waals surface area contributed by atoms with Gasteiger partial charge in [-0.2, -0.15) is 0 Å². The van der Waals surface area contributed by atoms with E-state index in [0.29, 0.717) is 11.6 Å². The minimum atomic E-state index is -0.109. The first-order valence-corrected chi connectivity index (χ1v) is 10.1. The third-order valence-electron chi connectivity index (χ3n) is 5.33. The Balaban J connectivity index is 2.10. The van der Waals surface area contributed by atoms with Crippen LogP contribution in [0.15, 0.2) is 35.0 Å². The Hall–Kier alpha value is -1.91. The number of Topliss-reactive ketones (excluding diaryl/α,β-unsaturated/α-hetero) is 1. The van der Waals surface area contributed by atoms with Gasteiger partial charge in [0.05, 0.1) is 0 Å². The number of carbonyl (C=O) groups excluding carboxylic acids is 1. The molecule has 0 unspecified atom stereocenters. The highest BCUT2D eigenvalue weighted by Gasteiger charge is 2.35. The molecule has 2 aromatic rings. The Labute approximate surface area is 166 Å². The van der Waals surface area contributed by atoms with E-state index >= 15 is 0 Å². The third-order valence-corrected chi connectivity index (χ3v) is 5.63. The molecule has 1 aromatic carbocycles. The number of ketones is 1. The highest BCUT2D eigenvalue weighted by molar-refractivity contribution is 6.32. The molecule has 0 amide bonds. The Morgan fingerprint density at radius 3 is 2.67 bits per heavy atom. The summed E-state index contributed by atoms with van der Waals surface area (Å²) < 4.78 is 5.53. The van der Waals surface area contributed by atoms with Gasteiger partial charge in [0.15, 0.2) is 5.78 Å². The normalized spacial score (nSPS) is 16.7. The topological polar surface area (TPSA) is 55.1 Å². The predicted octanol–water partition coefficient (Wildman–Crippen LogP) is 5.35. The summed E-state index contributed by atoms with van der Waals surface area (Å²) in [7, 11) is 0. The van der Waals surface area contributed by atoms with Crippen molar-refractivity contribution in [3.05, 3.63) is 52.4 Å². The minimum absolute atomic E-state index is 0.0383. The number of piperidine rings is 1. The number of hydrogen-bond donors (Lipinski definition) is 1. The van der Waals surface area contributed by atoms with Crippen molar-refractivity contribution in [1.82, 2.24) is 10.3 Å². The highest BCUT2D eigenvalue weighted by Crippen LogP contribution is 2.43. The Bertz CT molecular complexity index is 848. The van der Waals surface area contributed by atoms with Crippen molar-refractivity contribution in [2.45, 2.75) is 51.9 Å². The van der Waals surface area contributed by atoms with Crippen LogP contribution < -0.4 is 5.32 Å². The third kappa shape index (κ3) is 4.02. The van der Waals surface area contributed by atoms with E-state index in [1.807, 2.05) is 6.07 Å². The van der Waals surface area contributed by atoms with Crippen LogP contribution >= 0.6 is 11.6 Å². The molecule has 27 heavy (non-hydrogen) atoms. The number of rotatable bonds is 6. The summed E-state index contributed by atoms with van der Waals surface area (Å²) in [6.45, 7) is 7.75. The van der Waals surface area contributed by atoms with Crippen LogP contribution in [0, 0.1) is 0 Å². The number of oxazole rings is 1. The van der Waals surface area contributed by atoms with Gasteiger partial charge in [0, 0.05) is 22.9 Å². The molecule has 1 fully saturated rings. The summed E-state index contributed by atoms with van der Waals surface area (Å²) in [5.74, 6) is 0.327. The second-order valence-corrected chi connectivity index (χ2v) is 7.56. The standard InChI is InChI=1S/C22H27ClN2O2/c1-4-6-7-22(8-10-24-11-9-22)20-16(5-2)12-17(13-18(20)23)21-25-19(14-27-21)15(3)26/h6-7,12-14,24H,4-5,8-11H2,1-3H3/b7-6-. The summed E-state index contributed by atoms with van der Waals surface area (Å²) in [5, 5.41) is 4.20. The summed E-state index contributed by atoms with van der Waals surface area (Å²) in [6, 6.07) is 4.04. The van der Waals surface area contributed by atoms with Crippen LogP contribution in [0.2, 0.25) is 5.02 Å². The summed E-state index contributed by atoms with van der Waals surface area (Å²) in [5.41, 5.74) is 3.55. The van der Waals surface area contributed by atoms with Gasteiger partial charge in [0.25, 0.3) is 0 Å². The molecule has 1 aliphatic rings. The zero-order valence-corrected chi connectivity index (χ0v) is 17.0. The number of nitrogens with one attached hydrogen (secondary N) is 1. The number of hydrogen-bond acceptors (Lipinski definition) is 4. The lowest BCUT2D eigenvalue weighted by atomic mass is 9.70. The zero-order chi connectivity index (χ0) is 19.4. The lowest BCUT2D eigenvalue weighted by Crippen LogP contribution is -2.39. The zero-order valence-electron chi connectivity index (χ0n) is 16.3. The lowest BCUT2D eigenvalue weighted by Gasteiger charge is -2.38. The fourth-order valence-corrected chi connectivity index (χ4v) is 4.33. The SMILES string of the molecule is CC/C=C\C1(c2c(Cl)cc(-c3nc(C(C)=O)co3)cc2CC)CCNCC1. The van der Waals surface area contributed by atoms with Crippen LogP contribution in [0.25, 0.3) is 11.5 Å². The summed E-state index contributed by atoms with van der Waals surface area (Å²) in [6.07, 6.45) is 9.96. The molecule has 1 aromatic heterocycles. The van der Waals surface area contributed by atoms with Gasteiger partial charge in [-0.1, -0.05) is 37.6 Å². The molecule has 1 N–H and O–H groups in total. The number of benzene rings is 1. The second-order valence-electron chi connectivity index (χ2n) is 7.16. The molecule has 3 rings (SSSR count). The number of carbonyl (C=O) groups is 1. The molecule has 0 radical (unpaired) electrons. The number of aromatic nitrogens is 1. The first kappa shape index (κ1) is 19.8. The smallest absolute Gasteiger partial charge is 0.226 e. The van der Waals surface area contributed by atoms with Crippen LogP contribution in [-0.4, -0.2) is 23.9 Å². The van der Waals surface area contributed by atoms with Crippen molar-refractivity contribution in [3.63, 3.8) is 0 Å². The van der Waals surface area contributed by atoms with Gasteiger partial charge in [0.1, 0.15) is 12.0 Å². The average Bonchev–Trinajstić information content (AvgIpc) is 3.17. The van der Waals surface area contributed by atoms with E-state index in [1.54, 1.807) is 0 Å². The van der Waals surface area contributed by atoms with Crippen LogP contribution in [0.5, 0.6) is 0 Å². The molecular weight excluding hydrogens is 360 g/mol. The lowest BCUT2D eigenvalue weighted by molar-refractivity contribution is 0.101. The van der Waals surface area contributed by atoms with Crippen molar-refractivity contribution in [2.24, 2.45) is 0 Å². The number of aryl methyl sites for hydroxylation is 1. The number of allylic oxidation sites excluding steroid dienone is 2. The van der Waals surface area contributed by atoms with Crippen molar-refractivity contribution in [2.75, 3.05) is 13.1 Å². The molecule has 0 aliphatic carbocycles. The maximum atomic E-state index is 11.5. The van der Waals surface area contributed by atoms with Gasteiger partial charge < -0.3 is 9.73 Å². The summed E-state index contributed by atoms with van der Waals surface area (Å²) in [4.78, 5) is 15.8. The number of nitrogens with zero attached hydrogens (tertiary/aromatic N) is 1. The van der Waals surface area contributed by atoms with E-state index < -0.39 is 0 Å². The fourth-order valence-electron chi connectivity index (χ4n) is 3.91. The van der Waals surface area contributed by atoms with E-state index in [9.17, 15) is 4.79 Å². The molecule has 0 saturated carbocycles. The predicted molar refractivity (Wildman–Crippen MR) is 110 cm³/mol. The van der Waals surface area contributed by atoms with E-state index in [2.05, 4.69) is 42.4 Å². The molecule has 4 nitrogen and oxygen atoms in total. The van der Waals surface area contributed by atoms with Crippen molar-refractivity contribution < 1.29 is 9.21 Å². The number of halogens is 1. The molecular formula is C22H27ClN2O2. The van der Waals surface area contributed by atoms with Gasteiger partial charge in [-0.25, -0.2) is 4.98 Å². The minimum Gasteiger partial charge on any atom is -0.444 e. The van der Waals surface area contributed by atoms with Gasteiger partial charge in [-0.3, -0.25) is 4.79 Å². The maximum absolute atomic E-state index is 11.5. The second kappa shape index (κ2) is 8.41. The van der Waals surface area contributed by atoms with Gasteiger partial charge in [0.2, 0.25) is 5.89 Å². The molecule has 0 atom stereocenters. The van der Waals surface area contributed by atoms with E-state index in [0.717, 1.165) is 49.4 Å². The van der Waals surface area contributed by atoms with E-state index in [1.165, 1.54) is 24.3 Å². The first-order chi connectivity index (χ1) is 13.0. The van der Waals surface area contributed by atoms with E-state index in [4.69, 9.17) is 16.0 Å². The van der Waals surface area contributed by atoms with Crippen LogP contribution in [0.4, 0.5) is 0 Å². The molecule has 2 heterocycles. The average molecular weight is 387 g/mol. The molecule has 144 valence electrons. The molecule has 0 bridgehead atoms. The Morgan fingerprint density at radius 2 is 2.07 bits per heavy atom. The largest absolute Gasteiger partial charge is 0.444 e. The van der Waals surface area contributed by atoms with Crippen molar-refractivity contribution in [3.8, 4) is 11.5 Å².